The van der Waals surface area contributed by atoms with Crippen molar-refractivity contribution in [3.05, 3.63) is 88.6 Å². The summed E-state index contributed by atoms with van der Waals surface area (Å²) in [6.45, 7) is 1.32. The molecule has 2 atom stereocenters. The topological polar surface area (TPSA) is 94.6 Å². The Balaban J connectivity index is 1.12. The van der Waals surface area contributed by atoms with Crippen LogP contribution in [0.25, 0.3) is 0 Å². The molecule has 8 nitrogen and oxygen atoms in total. The van der Waals surface area contributed by atoms with Gasteiger partial charge in [-0.2, -0.15) is 0 Å². The third-order valence-corrected chi connectivity index (χ3v) is 9.98. The maximum Gasteiger partial charge on any atom is 0.244 e. The van der Waals surface area contributed by atoms with E-state index in [-0.39, 0.29) is 24.3 Å². The van der Waals surface area contributed by atoms with Gasteiger partial charge in [-0.25, -0.2) is 13.8 Å². The zero-order chi connectivity index (χ0) is 29.9. The highest BCUT2D eigenvalue weighted by Crippen LogP contribution is 2.48. The van der Waals surface area contributed by atoms with Gasteiger partial charge in [-0.15, -0.1) is 0 Å². The van der Waals surface area contributed by atoms with Gasteiger partial charge >= 0.3 is 0 Å². The summed E-state index contributed by atoms with van der Waals surface area (Å²) >= 11 is 0. The van der Waals surface area contributed by atoms with Crippen molar-refractivity contribution < 1.29 is 23.2 Å². The van der Waals surface area contributed by atoms with Crippen molar-refractivity contribution in [3.8, 4) is 0 Å². The Morgan fingerprint density at radius 3 is 2.53 bits per heavy atom. The number of aromatic nitrogens is 1. The first-order chi connectivity index (χ1) is 20.7. The van der Waals surface area contributed by atoms with E-state index in [1.54, 1.807) is 6.20 Å². The number of likely N-dealkylation sites (tertiary alicyclic amines) is 2. The molecule has 222 valence electrons. The van der Waals surface area contributed by atoms with E-state index < -0.39 is 28.5 Å². The summed E-state index contributed by atoms with van der Waals surface area (Å²) in [7, 11) is 2.02. The molecule has 1 aliphatic carbocycles. The lowest BCUT2D eigenvalue weighted by Crippen LogP contribution is -2.55. The van der Waals surface area contributed by atoms with Crippen LogP contribution in [0.2, 0.25) is 0 Å². The highest BCUT2D eigenvalue weighted by Gasteiger charge is 2.51. The number of rotatable bonds is 4. The van der Waals surface area contributed by atoms with Gasteiger partial charge in [0.05, 0.1) is 16.9 Å². The number of carbonyl (C=O) groups is 3. The monoisotopic (exact) mass is 585 g/mol. The molecular weight excluding hydrogens is 552 g/mol. The zero-order valence-corrected chi connectivity index (χ0v) is 24.0. The van der Waals surface area contributed by atoms with Crippen LogP contribution in [0.4, 0.5) is 20.3 Å². The van der Waals surface area contributed by atoms with Gasteiger partial charge < -0.3 is 20.4 Å². The van der Waals surface area contributed by atoms with E-state index in [1.165, 1.54) is 17.0 Å². The molecule has 2 saturated heterocycles. The third kappa shape index (κ3) is 4.68. The summed E-state index contributed by atoms with van der Waals surface area (Å²) in [5.74, 6) is -1.43. The van der Waals surface area contributed by atoms with Crippen LogP contribution in [-0.4, -0.2) is 59.2 Å². The minimum Gasteiger partial charge on any atom is -0.326 e. The molecule has 7 rings (SSSR count). The molecule has 0 radical (unpaired) electrons. The maximum absolute atomic E-state index is 14.2. The predicted molar refractivity (Wildman–Crippen MR) is 156 cm³/mol. The van der Waals surface area contributed by atoms with Crippen LogP contribution >= 0.6 is 0 Å². The fourth-order valence-electron chi connectivity index (χ4n) is 7.63. The van der Waals surface area contributed by atoms with E-state index in [0.717, 1.165) is 35.8 Å². The second-order valence-corrected chi connectivity index (χ2v) is 12.6. The minimum absolute atomic E-state index is 0.0748. The van der Waals surface area contributed by atoms with Gasteiger partial charge in [0.25, 0.3) is 0 Å². The molecule has 43 heavy (non-hydrogen) atoms. The van der Waals surface area contributed by atoms with E-state index in [2.05, 4.69) is 20.5 Å². The van der Waals surface area contributed by atoms with Crippen LogP contribution in [0.3, 0.4) is 0 Å². The molecule has 0 saturated carbocycles. The molecule has 3 amide bonds. The number of piperidine rings is 2. The van der Waals surface area contributed by atoms with Crippen molar-refractivity contribution in [2.24, 2.45) is 5.41 Å². The number of halogens is 2. The highest BCUT2D eigenvalue weighted by atomic mass is 19.1. The SMILES string of the molecule is CN1CCC2(CCC(c3cc(F)cc(F)c3)N(CC(=O)Nc3ccc4c(c3)CC3(C4)C(=O)Nc4ncccc43)C2=O)CC1. The van der Waals surface area contributed by atoms with Crippen LogP contribution < -0.4 is 10.6 Å². The first-order valence-electron chi connectivity index (χ1n) is 14.8. The number of hydrogen-bond donors (Lipinski definition) is 2. The van der Waals surface area contributed by atoms with Gasteiger partial charge in [0.1, 0.15) is 24.0 Å². The molecule has 0 bridgehead atoms. The number of fused-ring (bicyclic) bond motifs is 3. The Morgan fingerprint density at radius 2 is 1.77 bits per heavy atom. The molecule has 3 aromatic rings. The summed E-state index contributed by atoms with van der Waals surface area (Å²) in [5.41, 5.74) is 2.51. The molecule has 2 spiro atoms. The average molecular weight is 586 g/mol. The summed E-state index contributed by atoms with van der Waals surface area (Å²) in [4.78, 5) is 48.7. The largest absolute Gasteiger partial charge is 0.326 e. The Bertz CT molecular complexity index is 1630. The molecule has 2 fully saturated rings. The number of nitrogens with zero attached hydrogens (tertiary/aromatic N) is 3. The van der Waals surface area contributed by atoms with E-state index in [1.807, 2.05) is 37.4 Å². The molecule has 2 aromatic carbocycles. The lowest BCUT2D eigenvalue weighted by Gasteiger charge is -2.49. The summed E-state index contributed by atoms with van der Waals surface area (Å²) in [5, 5.41) is 5.85. The van der Waals surface area contributed by atoms with Crippen LogP contribution in [0.5, 0.6) is 0 Å². The van der Waals surface area contributed by atoms with Crippen molar-refractivity contribution in [1.82, 2.24) is 14.8 Å². The summed E-state index contributed by atoms with van der Waals surface area (Å²) < 4.78 is 28.4. The van der Waals surface area contributed by atoms with Gasteiger partial charge in [0.2, 0.25) is 17.7 Å². The number of anilines is 2. The van der Waals surface area contributed by atoms with E-state index in [9.17, 15) is 23.2 Å². The van der Waals surface area contributed by atoms with E-state index in [0.29, 0.717) is 55.6 Å². The Kier molecular flexibility index (Phi) is 6.57. The number of nitrogens with one attached hydrogen (secondary N) is 2. The molecule has 2 N–H and O–H groups in total. The van der Waals surface area contributed by atoms with E-state index in [4.69, 9.17) is 0 Å². The minimum atomic E-state index is -0.718. The molecular formula is C33H33F2N5O3. The number of benzene rings is 2. The second-order valence-electron chi connectivity index (χ2n) is 12.6. The quantitative estimate of drug-likeness (QED) is 0.475. The van der Waals surface area contributed by atoms with Crippen molar-refractivity contribution in [3.63, 3.8) is 0 Å². The standard InChI is InChI=1S/C33H33F2N5O3/c1-39-11-8-32(9-12-39)7-6-27(21-13-23(34)16-24(35)14-21)40(31(32)43)19-28(41)37-25-5-4-20-17-33(18-22(20)15-25)26-3-2-10-36-29(26)38-30(33)42/h2-5,10,13-16,27H,6-9,11-12,17-19H2,1H3,(H,37,41)(H,36,38,42). The fraction of sp³-hybridized carbons (Fsp3) is 0.394. The number of pyridine rings is 1. The van der Waals surface area contributed by atoms with Crippen LogP contribution in [-0.2, 0) is 32.6 Å². The van der Waals surface area contributed by atoms with Gasteiger partial charge in [-0.1, -0.05) is 12.1 Å². The lowest BCUT2D eigenvalue weighted by atomic mass is 9.69. The van der Waals surface area contributed by atoms with Crippen molar-refractivity contribution in [2.75, 3.05) is 37.3 Å². The molecule has 2 unspecified atom stereocenters. The third-order valence-electron chi connectivity index (χ3n) is 9.98. The normalized spacial score (nSPS) is 24.3. The maximum atomic E-state index is 14.2. The number of hydrogen-bond acceptors (Lipinski definition) is 5. The Morgan fingerprint density at radius 1 is 1.02 bits per heavy atom. The molecule has 3 aliphatic heterocycles. The average Bonchev–Trinajstić information content (AvgIpc) is 3.49. The lowest BCUT2D eigenvalue weighted by molar-refractivity contribution is -0.155. The van der Waals surface area contributed by atoms with E-state index >= 15 is 0 Å². The number of amides is 3. The molecule has 1 aromatic heterocycles. The Labute approximate surface area is 248 Å². The Hall–Kier alpha value is -4.18. The summed E-state index contributed by atoms with van der Waals surface area (Å²) in [6, 6.07) is 12.1. The van der Waals surface area contributed by atoms with Crippen LogP contribution in [0.1, 0.15) is 54.0 Å². The van der Waals surface area contributed by atoms with Gasteiger partial charge in [-0.05, 0) is 106 Å². The smallest absolute Gasteiger partial charge is 0.244 e. The predicted octanol–water partition coefficient (Wildman–Crippen LogP) is 4.36. The summed E-state index contributed by atoms with van der Waals surface area (Å²) in [6.07, 6.45) is 5.19. The van der Waals surface area contributed by atoms with Gasteiger partial charge in [-0.3, -0.25) is 14.4 Å². The second kappa shape index (κ2) is 10.2. The first-order valence-corrected chi connectivity index (χ1v) is 14.8. The zero-order valence-electron chi connectivity index (χ0n) is 24.0. The molecule has 10 heteroatoms. The van der Waals surface area contributed by atoms with Gasteiger partial charge in [0, 0.05) is 23.5 Å². The molecule has 4 heterocycles. The van der Waals surface area contributed by atoms with Crippen molar-refractivity contribution in [2.45, 2.75) is 50.0 Å². The van der Waals surface area contributed by atoms with Crippen molar-refractivity contribution in [1.29, 1.82) is 0 Å². The highest BCUT2D eigenvalue weighted by molar-refractivity contribution is 6.06. The fourth-order valence-corrected chi connectivity index (χ4v) is 7.63. The van der Waals surface area contributed by atoms with Gasteiger partial charge in [0.15, 0.2) is 0 Å². The first kappa shape index (κ1) is 27.6. The molecule has 4 aliphatic rings. The van der Waals surface area contributed by atoms with Crippen LogP contribution in [0.15, 0.2) is 54.7 Å². The number of carbonyl (C=O) groups excluding carboxylic acids is 3. The van der Waals surface area contributed by atoms with Crippen LogP contribution in [0, 0.1) is 17.0 Å². The van der Waals surface area contributed by atoms with Crippen molar-refractivity contribution >= 4 is 29.2 Å².